The number of carboxylic acid groups (broad SMARTS) is 1. The van der Waals surface area contributed by atoms with Gasteiger partial charge in [0.15, 0.2) is 0 Å². The number of nitrogens with one attached hydrogen (secondary N) is 1. The molecule has 0 radical (unpaired) electrons. The van der Waals surface area contributed by atoms with Crippen LogP contribution >= 0.6 is 0 Å². The number of benzene rings is 1. The van der Waals surface area contributed by atoms with Gasteiger partial charge in [0.2, 0.25) is 0 Å². The summed E-state index contributed by atoms with van der Waals surface area (Å²) in [5, 5.41) is 11.6. The molecule has 0 bridgehead atoms. The lowest BCUT2D eigenvalue weighted by molar-refractivity contribution is 0.0697. The topological polar surface area (TPSA) is 75.3 Å². The average Bonchev–Trinajstić information content (AvgIpc) is 2.03. The van der Waals surface area contributed by atoms with E-state index in [0.717, 1.165) is 5.69 Å². The Hall–Kier alpha value is -1.55. The molecule has 1 aromatic rings. The van der Waals surface area contributed by atoms with Crippen molar-refractivity contribution in [3.8, 4) is 0 Å². The zero-order valence-corrected chi connectivity index (χ0v) is 7.32. The fourth-order valence-corrected chi connectivity index (χ4v) is 1.00. The summed E-state index contributed by atoms with van der Waals surface area (Å²) in [5.41, 5.74) is 6.46. The number of rotatable bonds is 3. The lowest BCUT2D eigenvalue weighted by Crippen LogP contribution is -2.25. The summed E-state index contributed by atoms with van der Waals surface area (Å²) in [7, 11) is 0. The highest BCUT2D eigenvalue weighted by atomic mass is 16.4. The van der Waals surface area contributed by atoms with Gasteiger partial charge in [-0.25, -0.2) is 4.79 Å². The van der Waals surface area contributed by atoms with Crippen molar-refractivity contribution >= 4 is 11.7 Å². The Labute approximate surface area is 76.4 Å². The smallest absolute Gasteiger partial charge is 0.335 e. The Morgan fingerprint density at radius 3 is 2.85 bits per heavy atom. The number of nitrogens with two attached hydrogens (primary N) is 1. The molecular weight excluding hydrogens is 168 g/mol. The number of hydrogen-bond donors (Lipinski definition) is 3. The van der Waals surface area contributed by atoms with Crippen LogP contribution in [-0.2, 0) is 0 Å². The first-order valence-corrected chi connectivity index (χ1v) is 3.95. The fourth-order valence-electron chi connectivity index (χ4n) is 1.00. The van der Waals surface area contributed by atoms with Gasteiger partial charge in [0.25, 0.3) is 0 Å². The maximum absolute atomic E-state index is 10.6. The van der Waals surface area contributed by atoms with E-state index in [4.69, 9.17) is 10.8 Å². The Morgan fingerprint density at radius 1 is 1.62 bits per heavy atom. The van der Waals surface area contributed by atoms with Crippen LogP contribution in [0.25, 0.3) is 0 Å². The van der Waals surface area contributed by atoms with E-state index in [2.05, 4.69) is 5.32 Å². The molecule has 1 unspecified atom stereocenters. The molecule has 1 rings (SSSR count). The number of aromatic carboxylic acids is 1. The molecule has 0 aromatic heterocycles. The molecule has 70 valence electrons. The van der Waals surface area contributed by atoms with Crippen molar-refractivity contribution in [1.29, 1.82) is 0 Å². The third kappa shape index (κ3) is 2.76. The quantitative estimate of drug-likeness (QED) is 0.609. The summed E-state index contributed by atoms with van der Waals surface area (Å²) >= 11 is 0. The van der Waals surface area contributed by atoms with Crippen LogP contribution in [0.2, 0.25) is 0 Å². The second-order valence-electron chi connectivity index (χ2n) is 2.82. The lowest BCUT2D eigenvalue weighted by Gasteiger charge is -2.09. The van der Waals surface area contributed by atoms with E-state index in [-0.39, 0.29) is 11.7 Å². The molecule has 4 heteroatoms. The van der Waals surface area contributed by atoms with Gasteiger partial charge in [-0.05, 0) is 25.1 Å². The van der Waals surface area contributed by atoms with E-state index in [0.29, 0.717) is 0 Å². The van der Waals surface area contributed by atoms with E-state index >= 15 is 0 Å². The molecule has 0 saturated carbocycles. The van der Waals surface area contributed by atoms with Crippen LogP contribution in [0, 0.1) is 0 Å². The van der Waals surface area contributed by atoms with Crippen molar-refractivity contribution in [2.75, 3.05) is 5.32 Å². The van der Waals surface area contributed by atoms with E-state index in [1.807, 2.05) is 0 Å². The van der Waals surface area contributed by atoms with Crippen molar-refractivity contribution in [1.82, 2.24) is 0 Å². The summed E-state index contributed by atoms with van der Waals surface area (Å²) in [6.07, 6.45) is -0.191. The average molecular weight is 180 g/mol. The van der Waals surface area contributed by atoms with Crippen LogP contribution in [-0.4, -0.2) is 17.2 Å². The standard InChI is InChI=1S/C9H12N2O2/c1-6(10)11-8-4-2-3-7(5-8)9(12)13/h2-6,11H,10H2,1H3,(H,12,13). The van der Waals surface area contributed by atoms with Gasteiger partial charge in [-0.1, -0.05) is 6.07 Å². The van der Waals surface area contributed by atoms with Crippen LogP contribution in [0.1, 0.15) is 17.3 Å². The highest BCUT2D eigenvalue weighted by Gasteiger charge is 2.02. The molecule has 0 aliphatic carbocycles. The number of anilines is 1. The summed E-state index contributed by atoms with van der Waals surface area (Å²) in [6, 6.07) is 6.53. The molecule has 4 N–H and O–H groups in total. The monoisotopic (exact) mass is 180 g/mol. The normalized spacial score (nSPS) is 12.2. The summed E-state index contributed by atoms with van der Waals surface area (Å²) in [4.78, 5) is 10.6. The Bertz CT molecular complexity index is 310. The third-order valence-corrected chi connectivity index (χ3v) is 1.50. The second-order valence-corrected chi connectivity index (χ2v) is 2.82. The molecule has 4 nitrogen and oxygen atoms in total. The fraction of sp³-hybridized carbons (Fsp3) is 0.222. The van der Waals surface area contributed by atoms with E-state index in [1.54, 1.807) is 25.1 Å². The molecule has 1 aromatic carbocycles. The van der Waals surface area contributed by atoms with Crippen LogP contribution < -0.4 is 11.1 Å². The van der Waals surface area contributed by atoms with Gasteiger partial charge in [0.1, 0.15) is 0 Å². The van der Waals surface area contributed by atoms with Crippen LogP contribution in [0.4, 0.5) is 5.69 Å². The first-order chi connectivity index (χ1) is 6.09. The molecule has 0 amide bonds. The third-order valence-electron chi connectivity index (χ3n) is 1.50. The molecule has 0 aliphatic heterocycles. The summed E-state index contributed by atoms with van der Waals surface area (Å²) in [5.74, 6) is -0.937. The summed E-state index contributed by atoms with van der Waals surface area (Å²) in [6.45, 7) is 1.79. The molecule has 0 fully saturated rings. The summed E-state index contributed by atoms with van der Waals surface area (Å²) < 4.78 is 0. The molecular formula is C9H12N2O2. The Balaban J connectivity index is 2.85. The molecule has 0 heterocycles. The molecule has 0 spiro atoms. The minimum atomic E-state index is -0.937. The van der Waals surface area contributed by atoms with Gasteiger partial charge in [0, 0.05) is 5.69 Å². The van der Waals surface area contributed by atoms with Crippen molar-refractivity contribution in [2.24, 2.45) is 5.73 Å². The molecule has 0 saturated heterocycles. The second kappa shape index (κ2) is 3.91. The molecule has 0 aliphatic rings. The van der Waals surface area contributed by atoms with Gasteiger partial charge in [0.05, 0.1) is 11.7 Å². The van der Waals surface area contributed by atoms with E-state index < -0.39 is 5.97 Å². The van der Waals surface area contributed by atoms with Gasteiger partial charge >= 0.3 is 5.97 Å². The van der Waals surface area contributed by atoms with Crippen LogP contribution in [0.5, 0.6) is 0 Å². The van der Waals surface area contributed by atoms with Crippen LogP contribution in [0.3, 0.4) is 0 Å². The number of hydrogen-bond acceptors (Lipinski definition) is 3. The minimum absolute atomic E-state index is 0.191. The molecule has 1 atom stereocenters. The van der Waals surface area contributed by atoms with Crippen LogP contribution in [0.15, 0.2) is 24.3 Å². The predicted molar refractivity (Wildman–Crippen MR) is 50.7 cm³/mol. The number of carboxylic acids is 1. The first kappa shape index (κ1) is 9.54. The van der Waals surface area contributed by atoms with Crippen molar-refractivity contribution < 1.29 is 9.90 Å². The largest absolute Gasteiger partial charge is 0.478 e. The maximum atomic E-state index is 10.6. The zero-order chi connectivity index (χ0) is 9.84. The zero-order valence-electron chi connectivity index (χ0n) is 7.32. The Kier molecular flexibility index (Phi) is 2.87. The highest BCUT2D eigenvalue weighted by molar-refractivity contribution is 5.88. The van der Waals surface area contributed by atoms with Crippen molar-refractivity contribution in [3.05, 3.63) is 29.8 Å². The van der Waals surface area contributed by atoms with Gasteiger partial charge < -0.3 is 16.2 Å². The van der Waals surface area contributed by atoms with Gasteiger partial charge in [-0.15, -0.1) is 0 Å². The van der Waals surface area contributed by atoms with Gasteiger partial charge in [-0.3, -0.25) is 0 Å². The maximum Gasteiger partial charge on any atom is 0.335 e. The Morgan fingerprint density at radius 2 is 2.31 bits per heavy atom. The van der Waals surface area contributed by atoms with E-state index in [1.165, 1.54) is 6.07 Å². The van der Waals surface area contributed by atoms with Crippen molar-refractivity contribution in [2.45, 2.75) is 13.1 Å². The molecule has 13 heavy (non-hydrogen) atoms. The number of carbonyl (C=O) groups is 1. The minimum Gasteiger partial charge on any atom is -0.478 e. The predicted octanol–water partition coefficient (Wildman–Crippen LogP) is 1.10. The highest BCUT2D eigenvalue weighted by Crippen LogP contribution is 2.10. The first-order valence-electron chi connectivity index (χ1n) is 3.95. The lowest BCUT2D eigenvalue weighted by atomic mass is 10.2. The van der Waals surface area contributed by atoms with Gasteiger partial charge in [-0.2, -0.15) is 0 Å². The van der Waals surface area contributed by atoms with E-state index in [9.17, 15) is 4.79 Å². The van der Waals surface area contributed by atoms with Crippen molar-refractivity contribution in [3.63, 3.8) is 0 Å². The SMILES string of the molecule is CC(N)Nc1cccc(C(=O)O)c1.